The molecule has 0 atom stereocenters. The molecule has 0 saturated heterocycles. The summed E-state index contributed by atoms with van der Waals surface area (Å²) in [7, 11) is 0. The number of aryl methyl sites for hydroxylation is 2. The van der Waals surface area contributed by atoms with Crippen molar-refractivity contribution in [3.8, 4) is 5.75 Å². The monoisotopic (exact) mass is 384 g/mol. The molecule has 1 N–H and O–H groups in total. The summed E-state index contributed by atoms with van der Waals surface area (Å²) in [5.74, 6) is 1.47. The van der Waals surface area contributed by atoms with Gasteiger partial charge in [-0.05, 0) is 49.2 Å². The summed E-state index contributed by atoms with van der Waals surface area (Å²) < 4.78 is 10.9. The minimum absolute atomic E-state index is 0.0330. The topological polar surface area (TPSA) is 64.4 Å². The summed E-state index contributed by atoms with van der Waals surface area (Å²) in [4.78, 5) is 12.1. The van der Waals surface area contributed by atoms with Crippen molar-refractivity contribution in [1.82, 2.24) is 10.5 Å². The molecule has 140 valence electrons. The molecule has 0 aliphatic carbocycles. The van der Waals surface area contributed by atoms with Gasteiger partial charge in [-0.15, -0.1) is 0 Å². The van der Waals surface area contributed by atoms with E-state index < -0.39 is 0 Å². The quantitative estimate of drug-likeness (QED) is 0.656. The van der Waals surface area contributed by atoms with E-state index in [1.807, 2.05) is 62.4 Å². The van der Waals surface area contributed by atoms with E-state index in [4.69, 9.17) is 20.9 Å². The maximum Gasteiger partial charge on any atom is 0.224 e. The third-order valence-electron chi connectivity index (χ3n) is 4.26. The van der Waals surface area contributed by atoms with Gasteiger partial charge >= 0.3 is 0 Å². The minimum Gasteiger partial charge on any atom is -0.489 e. The lowest BCUT2D eigenvalue weighted by atomic mass is 10.1. The number of carbonyl (C=O) groups excluding carboxylic acids is 1. The molecule has 0 saturated carbocycles. The number of rotatable bonds is 7. The lowest BCUT2D eigenvalue weighted by Gasteiger charge is -2.08. The second-order valence-corrected chi connectivity index (χ2v) is 6.75. The van der Waals surface area contributed by atoms with E-state index in [0.29, 0.717) is 24.6 Å². The zero-order valence-electron chi connectivity index (χ0n) is 15.3. The van der Waals surface area contributed by atoms with E-state index in [9.17, 15) is 4.79 Å². The van der Waals surface area contributed by atoms with Crippen molar-refractivity contribution >= 4 is 17.5 Å². The molecule has 0 spiro atoms. The first-order chi connectivity index (χ1) is 13.0. The lowest BCUT2D eigenvalue weighted by Crippen LogP contribution is -2.24. The maximum atomic E-state index is 12.1. The van der Waals surface area contributed by atoms with Crippen LogP contribution >= 0.6 is 11.6 Å². The largest absolute Gasteiger partial charge is 0.489 e. The molecule has 0 bridgehead atoms. The molecule has 3 aromatic rings. The summed E-state index contributed by atoms with van der Waals surface area (Å²) in [6.45, 7) is 4.64. The average molecular weight is 385 g/mol. The van der Waals surface area contributed by atoms with Crippen molar-refractivity contribution in [2.24, 2.45) is 0 Å². The highest BCUT2D eigenvalue weighted by atomic mass is 35.5. The molecule has 0 radical (unpaired) electrons. The fourth-order valence-electron chi connectivity index (χ4n) is 2.62. The van der Waals surface area contributed by atoms with Gasteiger partial charge in [0.05, 0.1) is 17.7 Å². The van der Waals surface area contributed by atoms with Crippen molar-refractivity contribution < 1.29 is 14.1 Å². The Kier molecular flexibility index (Phi) is 6.14. The molecule has 1 heterocycles. The smallest absolute Gasteiger partial charge is 0.224 e. The molecular weight excluding hydrogens is 364 g/mol. The second kappa shape index (κ2) is 8.73. The van der Waals surface area contributed by atoms with E-state index >= 15 is 0 Å². The predicted octanol–water partition coefficient (Wildman–Crippen LogP) is 4.38. The molecule has 0 fully saturated rings. The van der Waals surface area contributed by atoms with Gasteiger partial charge in [-0.3, -0.25) is 4.79 Å². The van der Waals surface area contributed by atoms with Gasteiger partial charge < -0.3 is 14.6 Å². The summed E-state index contributed by atoms with van der Waals surface area (Å²) in [5, 5.41) is 7.50. The number of nitrogens with zero attached hydrogens (tertiary/aromatic N) is 1. The van der Waals surface area contributed by atoms with Crippen molar-refractivity contribution in [2.45, 2.75) is 33.4 Å². The highest BCUT2D eigenvalue weighted by Crippen LogP contribution is 2.18. The fourth-order valence-corrected chi connectivity index (χ4v) is 2.74. The van der Waals surface area contributed by atoms with Gasteiger partial charge in [-0.2, -0.15) is 0 Å². The first-order valence-electron chi connectivity index (χ1n) is 8.66. The van der Waals surface area contributed by atoms with Crippen LogP contribution in [0.5, 0.6) is 5.75 Å². The first kappa shape index (κ1) is 19.0. The molecule has 0 aliphatic rings. The van der Waals surface area contributed by atoms with Crippen molar-refractivity contribution in [3.63, 3.8) is 0 Å². The molecule has 27 heavy (non-hydrogen) atoms. The third kappa shape index (κ3) is 5.34. The van der Waals surface area contributed by atoms with Crippen LogP contribution in [0.25, 0.3) is 0 Å². The number of hydrogen-bond acceptors (Lipinski definition) is 4. The lowest BCUT2D eigenvalue weighted by molar-refractivity contribution is -0.120. The van der Waals surface area contributed by atoms with Crippen LogP contribution in [0.4, 0.5) is 0 Å². The van der Waals surface area contributed by atoms with Crippen LogP contribution in [-0.4, -0.2) is 11.1 Å². The van der Waals surface area contributed by atoms with Crippen molar-refractivity contribution in [1.29, 1.82) is 0 Å². The normalized spacial score (nSPS) is 10.6. The van der Waals surface area contributed by atoms with E-state index in [-0.39, 0.29) is 5.91 Å². The predicted molar refractivity (Wildman–Crippen MR) is 104 cm³/mol. The summed E-state index contributed by atoms with van der Waals surface area (Å²) in [5.41, 5.74) is 3.73. The van der Waals surface area contributed by atoms with Gasteiger partial charge in [0.25, 0.3) is 0 Å². The van der Waals surface area contributed by atoms with E-state index in [0.717, 1.165) is 33.9 Å². The molecule has 6 heteroatoms. The zero-order chi connectivity index (χ0) is 19.2. The standard InChI is InChI=1S/C21H21ClN2O3/c1-14-20(15(2)27-24-14)13-26-19-9-5-16(6-10-19)11-21(25)23-12-17-3-7-18(22)8-4-17/h3-10H,11-13H2,1-2H3,(H,23,25). The Morgan fingerprint density at radius 2 is 1.74 bits per heavy atom. The summed E-state index contributed by atoms with van der Waals surface area (Å²) in [6.07, 6.45) is 0.317. The Balaban J connectivity index is 1.48. The molecule has 5 nitrogen and oxygen atoms in total. The van der Waals surface area contributed by atoms with Crippen molar-refractivity contribution in [3.05, 3.63) is 81.7 Å². The van der Waals surface area contributed by atoms with Crippen LogP contribution in [0.1, 0.15) is 28.1 Å². The van der Waals surface area contributed by atoms with Crippen LogP contribution in [0, 0.1) is 13.8 Å². The molecular formula is C21H21ClN2O3. The SMILES string of the molecule is Cc1noc(C)c1COc1ccc(CC(=O)NCc2ccc(Cl)cc2)cc1. The highest BCUT2D eigenvalue weighted by molar-refractivity contribution is 6.30. The van der Waals surface area contributed by atoms with E-state index in [2.05, 4.69) is 10.5 Å². The maximum absolute atomic E-state index is 12.1. The summed E-state index contributed by atoms with van der Waals surface area (Å²) in [6, 6.07) is 14.9. The number of amides is 1. The Bertz CT molecular complexity index is 883. The first-order valence-corrected chi connectivity index (χ1v) is 9.03. The number of carbonyl (C=O) groups is 1. The average Bonchev–Trinajstić information content (AvgIpc) is 2.98. The van der Waals surface area contributed by atoms with Gasteiger partial charge in [0.15, 0.2) is 0 Å². The van der Waals surface area contributed by atoms with Gasteiger partial charge in [0, 0.05) is 11.6 Å². The fraction of sp³-hybridized carbons (Fsp3) is 0.238. The van der Waals surface area contributed by atoms with Crippen LogP contribution in [0.3, 0.4) is 0 Å². The third-order valence-corrected chi connectivity index (χ3v) is 4.51. The highest BCUT2D eigenvalue weighted by Gasteiger charge is 2.10. The molecule has 0 aliphatic heterocycles. The van der Waals surface area contributed by atoms with Gasteiger partial charge in [0.2, 0.25) is 5.91 Å². The molecule has 2 aromatic carbocycles. The van der Waals surface area contributed by atoms with Crippen LogP contribution in [-0.2, 0) is 24.4 Å². The second-order valence-electron chi connectivity index (χ2n) is 6.32. The summed E-state index contributed by atoms with van der Waals surface area (Å²) >= 11 is 5.86. The molecule has 3 rings (SSSR count). The minimum atomic E-state index is -0.0330. The van der Waals surface area contributed by atoms with Crippen molar-refractivity contribution in [2.75, 3.05) is 0 Å². The molecule has 1 amide bonds. The number of aromatic nitrogens is 1. The van der Waals surface area contributed by atoms with Gasteiger partial charge in [0.1, 0.15) is 18.1 Å². The van der Waals surface area contributed by atoms with E-state index in [1.165, 1.54) is 0 Å². The Morgan fingerprint density at radius 1 is 1.07 bits per heavy atom. The number of hydrogen-bond donors (Lipinski definition) is 1. The van der Waals surface area contributed by atoms with Crippen LogP contribution < -0.4 is 10.1 Å². The number of halogens is 1. The van der Waals surface area contributed by atoms with Gasteiger partial charge in [-0.25, -0.2) is 0 Å². The zero-order valence-corrected chi connectivity index (χ0v) is 16.0. The van der Waals surface area contributed by atoms with Gasteiger partial charge in [-0.1, -0.05) is 41.0 Å². The van der Waals surface area contributed by atoms with Crippen LogP contribution in [0.15, 0.2) is 53.1 Å². The molecule has 0 unspecified atom stereocenters. The molecule has 1 aromatic heterocycles. The Hall–Kier alpha value is -2.79. The number of ether oxygens (including phenoxy) is 1. The Morgan fingerprint density at radius 3 is 2.37 bits per heavy atom. The number of nitrogens with one attached hydrogen (secondary N) is 1. The van der Waals surface area contributed by atoms with Crippen LogP contribution in [0.2, 0.25) is 5.02 Å². The van der Waals surface area contributed by atoms with E-state index in [1.54, 1.807) is 0 Å². The number of benzene rings is 2. The Labute approximate surface area is 163 Å².